The van der Waals surface area contributed by atoms with Crippen LogP contribution in [0.4, 0.5) is 5.69 Å². The second kappa shape index (κ2) is 11.2. The summed E-state index contributed by atoms with van der Waals surface area (Å²) in [5.41, 5.74) is 7.07. The standard InChI is InChI=1S/C24H24ClN3O6S/c1-34-23-20(25)6-3-7-21(23)28(35(32,33)19-10-8-16(13-26)9-11-19)15-22(29)27-14-17-4-2-5-18(12-17)24(30)31/h2-12H,13-15,26H2,1H3,(H,27,29)(H,30,31). The van der Waals surface area contributed by atoms with Crippen molar-refractivity contribution in [3.63, 3.8) is 0 Å². The molecule has 3 rings (SSSR count). The zero-order valence-electron chi connectivity index (χ0n) is 18.8. The van der Waals surface area contributed by atoms with Gasteiger partial charge in [0.1, 0.15) is 6.54 Å². The summed E-state index contributed by atoms with van der Waals surface area (Å²) in [4.78, 5) is 24.0. The number of methoxy groups -OCH3 is 1. The molecule has 0 fully saturated rings. The second-order valence-corrected chi connectivity index (χ2v) is 9.70. The minimum Gasteiger partial charge on any atom is -0.493 e. The molecule has 0 saturated carbocycles. The number of hydrogen-bond donors (Lipinski definition) is 3. The number of nitrogens with two attached hydrogens (primary N) is 1. The van der Waals surface area contributed by atoms with Crippen LogP contribution >= 0.6 is 11.6 Å². The summed E-state index contributed by atoms with van der Waals surface area (Å²) in [5.74, 6) is -1.61. The zero-order valence-corrected chi connectivity index (χ0v) is 20.3. The number of sulfonamides is 1. The van der Waals surface area contributed by atoms with Crippen molar-refractivity contribution in [3.8, 4) is 5.75 Å². The van der Waals surface area contributed by atoms with Gasteiger partial charge in [0.2, 0.25) is 5.91 Å². The fraction of sp³-hybridized carbons (Fsp3) is 0.167. The summed E-state index contributed by atoms with van der Waals surface area (Å²) in [6.45, 7) is -0.320. The smallest absolute Gasteiger partial charge is 0.335 e. The third-order valence-corrected chi connectivity index (χ3v) is 7.19. The molecule has 0 unspecified atom stereocenters. The highest BCUT2D eigenvalue weighted by molar-refractivity contribution is 7.92. The number of nitrogens with one attached hydrogen (secondary N) is 1. The Morgan fingerprint density at radius 1 is 1.06 bits per heavy atom. The van der Waals surface area contributed by atoms with E-state index in [-0.39, 0.29) is 40.0 Å². The van der Waals surface area contributed by atoms with Crippen LogP contribution in [0.3, 0.4) is 0 Å². The van der Waals surface area contributed by atoms with Crippen molar-refractivity contribution in [1.82, 2.24) is 5.32 Å². The molecule has 0 aromatic heterocycles. The Morgan fingerprint density at radius 3 is 2.37 bits per heavy atom. The minimum absolute atomic E-state index is 0.00567. The molecule has 0 radical (unpaired) electrons. The number of carbonyl (C=O) groups is 2. The predicted molar refractivity (Wildman–Crippen MR) is 132 cm³/mol. The molecule has 0 aliphatic heterocycles. The van der Waals surface area contributed by atoms with Crippen LogP contribution in [-0.4, -0.2) is 39.1 Å². The number of rotatable bonds is 10. The average Bonchev–Trinajstić information content (AvgIpc) is 2.86. The van der Waals surface area contributed by atoms with Gasteiger partial charge in [-0.15, -0.1) is 0 Å². The number of benzene rings is 3. The van der Waals surface area contributed by atoms with E-state index in [1.165, 1.54) is 37.4 Å². The lowest BCUT2D eigenvalue weighted by molar-refractivity contribution is -0.119. The number of nitrogens with zero attached hydrogens (tertiary/aromatic N) is 1. The number of hydrogen-bond acceptors (Lipinski definition) is 6. The van der Waals surface area contributed by atoms with E-state index in [2.05, 4.69) is 5.32 Å². The van der Waals surface area contributed by atoms with E-state index in [1.54, 1.807) is 36.4 Å². The lowest BCUT2D eigenvalue weighted by Crippen LogP contribution is -2.41. The van der Waals surface area contributed by atoms with Gasteiger partial charge in [-0.05, 0) is 47.5 Å². The maximum Gasteiger partial charge on any atom is 0.335 e. The third kappa shape index (κ3) is 6.10. The highest BCUT2D eigenvalue weighted by Gasteiger charge is 2.30. The number of carboxylic acids is 1. The average molecular weight is 518 g/mol. The SMILES string of the molecule is COc1c(Cl)cccc1N(CC(=O)NCc1cccc(C(=O)O)c1)S(=O)(=O)c1ccc(CN)cc1. The van der Waals surface area contributed by atoms with E-state index in [0.717, 1.165) is 9.87 Å². The molecule has 0 aliphatic rings. The van der Waals surface area contributed by atoms with E-state index in [1.807, 2.05) is 0 Å². The fourth-order valence-electron chi connectivity index (χ4n) is 3.32. The molecule has 0 spiro atoms. The van der Waals surface area contributed by atoms with Gasteiger partial charge in [0.15, 0.2) is 5.75 Å². The van der Waals surface area contributed by atoms with Gasteiger partial charge < -0.3 is 20.9 Å². The number of para-hydroxylation sites is 1. The maximum absolute atomic E-state index is 13.6. The first kappa shape index (κ1) is 26.0. The Balaban J connectivity index is 1.93. The van der Waals surface area contributed by atoms with E-state index < -0.39 is 28.4 Å². The topological polar surface area (TPSA) is 139 Å². The first-order valence-corrected chi connectivity index (χ1v) is 12.2. The molecule has 11 heteroatoms. The molecule has 3 aromatic carbocycles. The van der Waals surface area contributed by atoms with Gasteiger partial charge in [-0.3, -0.25) is 9.10 Å². The summed E-state index contributed by atoms with van der Waals surface area (Å²) >= 11 is 6.22. The second-order valence-electron chi connectivity index (χ2n) is 7.43. The van der Waals surface area contributed by atoms with E-state index in [9.17, 15) is 18.0 Å². The van der Waals surface area contributed by atoms with Crippen molar-refractivity contribution in [1.29, 1.82) is 0 Å². The first-order valence-electron chi connectivity index (χ1n) is 10.4. The van der Waals surface area contributed by atoms with Crippen LogP contribution in [0.25, 0.3) is 0 Å². The van der Waals surface area contributed by atoms with Gasteiger partial charge in [0.05, 0.1) is 28.3 Å². The highest BCUT2D eigenvalue weighted by atomic mass is 35.5. The van der Waals surface area contributed by atoms with Crippen LogP contribution in [0.1, 0.15) is 21.5 Å². The van der Waals surface area contributed by atoms with Gasteiger partial charge in [0.25, 0.3) is 10.0 Å². The summed E-state index contributed by atoms with van der Waals surface area (Å²) in [7, 11) is -2.86. The molecular formula is C24H24ClN3O6S. The van der Waals surface area contributed by atoms with Crippen molar-refractivity contribution >= 4 is 39.2 Å². The Morgan fingerprint density at radius 2 is 1.74 bits per heavy atom. The molecular weight excluding hydrogens is 494 g/mol. The highest BCUT2D eigenvalue weighted by Crippen LogP contribution is 2.37. The van der Waals surface area contributed by atoms with Crippen molar-refractivity contribution < 1.29 is 27.9 Å². The van der Waals surface area contributed by atoms with Crippen LogP contribution in [0, 0.1) is 0 Å². The Labute approximate surface area is 208 Å². The van der Waals surface area contributed by atoms with E-state index in [4.69, 9.17) is 27.2 Å². The predicted octanol–water partition coefficient (Wildman–Crippen LogP) is 3.02. The molecule has 0 bridgehead atoms. The van der Waals surface area contributed by atoms with Crippen molar-refractivity contribution in [2.75, 3.05) is 18.0 Å². The summed E-state index contributed by atoms with van der Waals surface area (Å²) in [6.07, 6.45) is 0. The molecule has 0 saturated heterocycles. The molecule has 35 heavy (non-hydrogen) atoms. The molecule has 0 aliphatic carbocycles. The number of halogens is 1. The van der Waals surface area contributed by atoms with Gasteiger partial charge in [-0.25, -0.2) is 13.2 Å². The van der Waals surface area contributed by atoms with Gasteiger partial charge >= 0.3 is 5.97 Å². The number of carbonyl (C=O) groups excluding carboxylic acids is 1. The zero-order chi connectivity index (χ0) is 25.6. The minimum atomic E-state index is -4.21. The van der Waals surface area contributed by atoms with Gasteiger partial charge in [-0.2, -0.15) is 0 Å². The lowest BCUT2D eigenvalue weighted by Gasteiger charge is -2.26. The number of aromatic carboxylic acids is 1. The fourth-order valence-corrected chi connectivity index (χ4v) is 4.99. The number of anilines is 1. The molecule has 4 N–H and O–H groups in total. The van der Waals surface area contributed by atoms with Gasteiger partial charge in [-0.1, -0.05) is 41.9 Å². The first-order chi connectivity index (χ1) is 16.7. The molecule has 0 heterocycles. The van der Waals surface area contributed by atoms with E-state index >= 15 is 0 Å². The van der Waals surface area contributed by atoms with Gasteiger partial charge in [0, 0.05) is 13.1 Å². The largest absolute Gasteiger partial charge is 0.493 e. The van der Waals surface area contributed by atoms with Crippen LogP contribution in [0.2, 0.25) is 5.02 Å². The summed E-state index contributed by atoms with van der Waals surface area (Å²) in [6, 6.07) is 16.7. The van der Waals surface area contributed by atoms with Crippen LogP contribution in [0.5, 0.6) is 5.75 Å². The Bertz CT molecular complexity index is 1330. The third-order valence-electron chi connectivity index (χ3n) is 5.12. The van der Waals surface area contributed by atoms with Crippen molar-refractivity contribution in [2.45, 2.75) is 18.0 Å². The molecule has 9 nitrogen and oxygen atoms in total. The Hall–Kier alpha value is -3.60. The molecule has 1 amide bonds. The van der Waals surface area contributed by atoms with Crippen molar-refractivity contribution in [3.05, 3.63) is 88.4 Å². The maximum atomic E-state index is 13.6. The normalized spacial score (nSPS) is 11.1. The van der Waals surface area contributed by atoms with Crippen LogP contribution in [0.15, 0.2) is 71.6 Å². The van der Waals surface area contributed by atoms with Crippen LogP contribution < -0.4 is 20.1 Å². The van der Waals surface area contributed by atoms with Crippen LogP contribution in [-0.2, 0) is 27.9 Å². The number of ether oxygens (including phenoxy) is 1. The quantitative estimate of drug-likeness (QED) is 0.375. The summed E-state index contributed by atoms with van der Waals surface area (Å²) in [5, 5.41) is 12.0. The summed E-state index contributed by atoms with van der Waals surface area (Å²) < 4.78 is 33.4. The number of amides is 1. The number of carboxylic acid groups (broad SMARTS) is 1. The molecule has 184 valence electrons. The van der Waals surface area contributed by atoms with Crippen molar-refractivity contribution in [2.24, 2.45) is 5.73 Å². The monoisotopic (exact) mass is 517 g/mol. The van der Waals surface area contributed by atoms with E-state index in [0.29, 0.717) is 5.56 Å². The molecule has 0 atom stereocenters. The molecule has 3 aromatic rings. The lowest BCUT2D eigenvalue weighted by atomic mass is 10.1. The Kier molecular flexibility index (Phi) is 8.34.